The maximum absolute atomic E-state index is 13.0. The average molecular weight is 290 g/mol. The first-order valence-electron chi connectivity index (χ1n) is 5.57. The van der Waals surface area contributed by atoms with Gasteiger partial charge in [-0.25, -0.2) is 4.39 Å². The fourth-order valence-corrected chi connectivity index (χ4v) is 1.71. The summed E-state index contributed by atoms with van der Waals surface area (Å²) in [5.41, 5.74) is 6.45. The number of rotatable bonds is 2. The molecule has 0 aliphatic carbocycles. The van der Waals surface area contributed by atoms with Crippen molar-refractivity contribution in [3.05, 3.63) is 58.4 Å². The first kappa shape index (κ1) is 13.8. The van der Waals surface area contributed by atoms with Gasteiger partial charge in [0.15, 0.2) is 0 Å². The fourth-order valence-electron chi connectivity index (χ4n) is 1.60. The van der Waals surface area contributed by atoms with Gasteiger partial charge in [0.05, 0.1) is 22.0 Å². The van der Waals surface area contributed by atoms with Crippen LogP contribution < -0.4 is 11.1 Å². The molecule has 0 aromatic heterocycles. The average Bonchev–Trinajstić information content (AvgIpc) is 2.43. The highest BCUT2D eigenvalue weighted by Gasteiger charge is 2.11. The summed E-state index contributed by atoms with van der Waals surface area (Å²) in [6.45, 7) is 0. The van der Waals surface area contributed by atoms with E-state index in [0.29, 0.717) is 10.6 Å². The Kier molecular flexibility index (Phi) is 3.87. The molecule has 0 saturated carbocycles. The second kappa shape index (κ2) is 5.59. The van der Waals surface area contributed by atoms with E-state index in [1.54, 1.807) is 0 Å². The number of halogens is 2. The Hall–Kier alpha value is -2.58. The Balaban J connectivity index is 2.28. The molecule has 1 amide bonds. The first-order chi connectivity index (χ1) is 9.51. The van der Waals surface area contributed by atoms with Crippen LogP contribution in [0.4, 0.5) is 15.8 Å². The molecule has 0 unspecified atom stereocenters. The molecule has 0 atom stereocenters. The lowest BCUT2D eigenvalue weighted by Gasteiger charge is -2.08. The van der Waals surface area contributed by atoms with Crippen LogP contribution in [0.25, 0.3) is 0 Å². The van der Waals surface area contributed by atoms with E-state index in [0.717, 1.165) is 12.1 Å². The second-order valence-corrected chi connectivity index (χ2v) is 4.40. The Bertz CT molecular complexity index is 725. The van der Waals surface area contributed by atoms with E-state index in [4.69, 9.17) is 22.6 Å². The van der Waals surface area contributed by atoms with Crippen LogP contribution in [-0.2, 0) is 0 Å². The first-order valence-corrected chi connectivity index (χ1v) is 5.95. The summed E-state index contributed by atoms with van der Waals surface area (Å²) in [6, 6.07) is 9.77. The Morgan fingerprint density at radius 1 is 1.30 bits per heavy atom. The highest BCUT2D eigenvalue weighted by molar-refractivity contribution is 6.33. The third kappa shape index (κ3) is 2.87. The molecule has 0 heterocycles. The van der Waals surface area contributed by atoms with E-state index in [-0.39, 0.29) is 16.9 Å². The Morgan fingerprint density at radius 2 is 2.05 bits per heavy atom. The number of anilines is 2. The largest absolute Gasteiger partial charge is 0.398 e. The predicted molar refractivity (Wildman–Crippen MR) is 74.9 cm³/mol. The highest BCUT2D eigenvalue weighted by Crippen LogP contribution is 2.21. The standard InChI is InChI=1S/C14H9ClFN3O/c15-11-3-1-8(6-12(11)18)14(20)19-13-4-2-10(16)5-9(13)7-17/h1-6H,18H2,(H,19,20). The van der Waals surface area contributed by atoms with Gasteiger partial charge in [0.2, 0.25) is 0 Å². The summed E-state index contributed by atoms with van der Waals surface area (Å²) < 4.78 is 13.0. The summed E-state index contributed by atoms with van der Waals surface area (Å²) >= 11 is 5.77. The minimum absolute atomic E-state index is 0.0419. The number of nitrogen functional groups attached to an aromatic ring is 1. The zero-order valence-electron chi connectivity index (χ0n) is 10.2. The minimum Gasteiger partial charge on any atom is -0.398 e. The molecule has 3 N–H and O–H groups in total. The van der Waals surface area contributed by atoms with E-state index in [9.17, 15) is 9.18 Å². The number of nitrogens with one attached hydrogen (secondary N) is 1. The summed E-state index contributed by atoms with van der Waals surface area (Å²) in [6.07, 6.45) is 0. The third-order valence-electron chi connectivity index (χ3n) is 2.61. The third-order valence-corrected chi connectivity index (χ3v) is 2.95. The lowest BCUT2D eigenvalue weighted by molar-refractivity contribution is 0.102. The molecule has 6 heteroatoms. The van der Waals surface area contributed by atoms with E-state index in [2.05, 4.69) is 5.32 Å². The molecule has 0 radical (unpaired) electrons. The van der Waals surface area contributed by atoms with Crippen molar-refractivity contribution in [2.45, 2.75) is 0 Å². The predicted octanol–water partition coefficient (Wildman–Crippen LogP) is 3.19. The van der Waals surface area contributed by atoms with E-state index < -0.39 is 11.7 Å². The molecule has 4 nitrogen and oxygen atoms in total. The zero-order valence-corrected chi connectivity index (χ0v) is 10.9. The van der Waals surface area contributed by atoms with Gasteiger partial charge in [0.25, 0.3) is 5.91 Å². The maximum Gasteiger partial charge on any atom is 0.255 e. The SMILES string of the molecule is N#Cc1cc(F)ccc1NC(=O)c1ccc(Cl)c(N)c1. The summed E-state index contributed by atoms with van der Waals surface area (Å²) in [5.74, 6) is -1.01. The summed E-state index contributed by atoms with van der Waals surface area (Å²) in [5, 5.41) is 11.8. The molecule has 100 valence electrons. The minimum atomic E-state index is -0.546. The van der Waals surface area contributed by atoms with Crippen molar-refractivity contribution in [2.24, 2.45) is 0 Å². The molecule has 0 saturated heterocycles. The van der Waals surface area contributed by atoms with E-state index in [1.807, 2.05) is 6.07 Å². The molecule has 2 rings (SSSR count). The fraction of sp³-hybridized carbons (Fsp3) is 0. The molecule has 20 heavy (non-hydrogen) atoms. The molecule has 0 aliphatic rings. The van der Waals surface area contributed by atoms with Gasteiger partial charge in [-0.3, -0.25) is 4.79 Å². The second-order valence-electron chi connectivity index (χ2n) is 3.99. The molecular formula is C14H9ClFN3O. The van der Waals surface area contributed by atoms with Gasteiger partial charge >= 0.3 is 0 Å². The number of carbonyl (C=O) groups is 1. The number of nitriles is 1. The topological polar surface area (TPSA) is 78.9 Å². The summed E-state index contributed by atoms with van der Waals surface area (Å²) in [4.78, 5) is 12.0. The van der Waals surface area contributed by atoms with Crippen LogP contribution in [0.15, 0.2) is 36.4 Å². The van der Waals surface area contributed by atoms with Crippen molar-refractivity contribution < 1.29 is 9.18 Å². The van der Waals surface area contributed by atoms with Crippen molar-refractivity contribution in [3.8, 4) is 6.07 Å². The van der Waals surface area contributed by atoms with Crippen molar-refractivity contribution >= 4 is 28.9 Å². The molecule has 2 aromatic rings. The van der Waals surface area contributed by atoms with Gasteiger partial charge in [0, 0.05) is 5.56 Å². The number of nitrogens with two attached hydrogens (primary N) is 1. The Labute approximate surface area is 119 Å². The number of amides is 1. The normalized spacial score (nSPS) is 9.85. The van der Waals surface area contributed by atoms with Crippen LogP contribution in [0.3, 0.4) is 0 Å². The lowest BCUT2D eigenvalue weighted by atomic mass is 10.1. The van der Waals surface area contributed by atoms with Gasteiger partial charge in [-0.1, -0.05) is 11.6 Å². The zero-order chi connectivity index (χ0) is 14.7. The van der Waals surface area contributed by atoms with Crippen molar-refractivity contribution in [1.29, 1.82) is 5.26 Å². The molecule has 0 aliphatic heterocycles. The van der Waals surface area contributed by atoms with Crippen LogP contribution in [0, 0.1) is 17.1 Å². The van der Waals surface area contributed by atoms with E-state index in [1.165, 1.54) is 24.3 Å². The van der Waals surface area contributed by atoms with Crippen LogP contribution in [0.5, 0.6) is 0 Å². The Morgan fingerprint density at radius 3 is 2.70 bits per heavy atom. The van der Waals surface area contributed by atoms with Crippen molar-refractivity contribution in [3.63, 3.8) is 0 Å². The van der Waals surface area contributed by atoms with Crippen LogP contribution in [0.1, 0.15) is 15.9 Å². The number of nitrogens with zero attached hydrogens (tertiary/aromatic N) is 1. The molecule has 0 spiro atoms. The molecule has 0 bridgehead atoms. The lowest BCUT2D eigenvalue weighted by Crippen LogP contribution is -2.13. The number of carbonyl (C=O) groups excluding carboxylic acids is 1. The van der Waals surface area contributed by atoms with Gasteiger partial charge < -0.3 is 11.1 Å². The van der Waals surface area contributed by atoms with Gasteiger partial charge in [-0.05, 0) is 36.4 Å². The molecule has 0 fully saturated rings. The monoisotopic (exact) mass is 289 g/mol. The van der Waals surface area contributed by atoms with Crippen molar-refractivity contribution in [1.82, 2.24) is 0 Å². The van der Waals surface area contributed by atoms with Gasteiger partial charge in [0.1, 0.15) is 11.9 Å². The number of hydrogen-bond donors (Lipinski definition) is 2. The van der Waals surface area contributed by atoms with Crippen LogP contribution >= 0.6 is 11.6 Å². The quantitative estimate of drug-likeness (QED) is 0.833. The highest BCUT2D eigenvalue weighted by atomic mass is 35.5. The molecular weight excluding hydrogens is 281 g/mol. The van der Waals surface area contributed by atoms with Crippen molar-refractivity contribution in [2.75, 3.05) is 11.1 Å². The maximum atomic E-state index is 13.0. The van der Waals surface area contributed by atoms with Gasteiger partial charge in [-0.2, -0.15) is 5.26 Å². The van der Waals surface area contributed by atoms with Gasteiger partial charge in [-0.15, -0.1) is 0 Å². The smallest absolute Gasteiger partial charge is 0.255 e. The van der Waals surface area contributed by atoms with Crippen LogP contribution in [-0.4, -0.2) is 5.91 Å². The van der Waals surface area contributed by atoms with Crippen LogP contribution in [0.2, 0.25) is 5.02 Å². The number of benzene rings is 2. The molecule has 2 aromatic carbocycles. The number of hydrogen-bond acceptors (Lipinski definition) is 3. The van der Waals surface area contributed by atoms with E-state index >= 15 is 0 Å². The summed E-state index contributed by atoms with van der Waals surface area (Å²) in [7, 11) is 0.